The zero-order valence-corrected chi connectivity index (χ0v) is 10.5. The Morgan fingerprint density at radius 3 is 3.06 bits per heavy atom. The largest absolute Gasteiger partial charge is 0.495 e. The van der Waals surface area contributed by atoms with Gasteiger partial charge in [0.1, 0.15) is 11.8 Å². The Balaban J connectivity index is 1.87. The van der Waals surface area contributed by atoms with Crippen molar-refractivity contribution < 1.29 is 14.2 Å². The minimum atomic E-state index is 0.235. The first kappa shape index (κ1) is 12.9. The van der Waals surface area contributed by atoms with Gasteiger partial charge in [-0.25, -0.2) is 0 Å². The number of methoxy groups -OCH3 is 1. The Labute approximate surface area is 107 Å². The van der Waals surface area contributed by atoms with E-state index in [9.17, 15) is 0 Å². The lowest BCUT2D eigenvalue weighted by atomic mass is 10.1. The summed E-state index contributed by atoms with van der Waals surface area (Å²) in [5.74, 6) is 0.598. The minimum absolute atomic E-state index is 0.235. The molecule has 0 radical (unpaired) electrons. The van der Waals surface area contributed by atoms with Crippen LogP contribution >= 0.6 is 0 Å². The van der Waals surface area contributed by atoms with Crippen LogP contribution in [0.1, 0.15) is 24.0 Å². The van der Waals surface area contributed by atoms with Crippen LogP contribution in [0.2, 0.25) is 0 Å². The van der Waals surface area contributed by atoms with Crippen LogP contribution in [0.25, 0.3) is 0 Å². The van der Waals surface area contributed by atoms with Gasteiger partial charge in [-0.2, -0.15) is 5.26 Å². The van der Waals surface area contributed by atoms with Crippen molar-refractivity contribution in [3.05, 3.63) is 29.3 Å². The van der Waals surface area contributed by atoms with E-state index in [1.807, 2.05) is 6.07 Å². The molecular weight excluding hydrogens is 230 g/mol. The highest BCUT2D eigenvalue weighted by atomic mass is 16.5. The summed E-state index contributed by atoms with van der Waals surface area (Å²) in [6.45, 7) is 1.96. The molecule has 1 atom stereocenters. The summed E-state index contributed by atoms with van der Waals surface area (Å²) in [7, 11) is 1.56. The number of ether oxygens (including phenoxy) is 3. The molecule has 0 aromatic heterocycles. The van der Waals surface area contributed by atoms with Crippen LogP contribution in [0.15, 0.2) is 18.2 Å². The fourth-order valence-electron chi connectivity index (χ4n) is 2.02. The van der Waals surface area contributed by atoms with Gasteiger partial charge in [0.25, 0.3) is 0 Å². The van der Waals surface area contributed by atoms with E-state index in [1.165, 1.54) is 0 Å². The van der Waals surface area contributed by atoms with Gasteiger partial charge in [-0.15, -0.1) is 0 Å². The predicted molar refractivity (Wildman–Crippen MR) is 66.3 cm³/mol. The van der Waals surface area contributed by atoms with E-state index >= 15 is 0 Å². The van der Waals surface area contributed by atoms with Crippen LogP contribution < -0.4 is 4.74 Å². The van der Waals surface area contributed by atoms with Crippen LogP contribution in [0.4, 0.5) is 0 Å². The molecule has 96 valence electrons. The first-order chi connectivity index (χ1) is 8.83. The molecule has 1 aromatic carbocycles. The van der Waals surface area contributed by atoms with Gasteiger partial charge in [-0.3, -0.25) is 0 Å². The average Bonchev–Trinajstić information content (AvgIpc) is 2.91. The first-order valence-electron chi connectivity index (χ1n) is 6.10. The maximum absolute atomic E-state index is 8.98. The number of benzene rings is 1. The topological polar surface area (TPSA) is 51.5 Å². The molecule has 0 amide bonds. The Bertz CT molecular complexity index is 433. The molecule has 1 saturated heterocycles. The summed E-state index contributed by atoms with van der Waals surface area (Å²) in [6, 6.07) is 7.62. The number of nitriles is 1. The third-order valence-electron chi connectivity index (χ3n) is 2.98. The molecule has 4 heteroatoms. The number of hydrogen-bond acceptors (Lipinski definition) is 4. The van der Waals surface area contributed by atoms with Gasteiger partial charge in [0, 0.05) is 6.61 Å². The molecule has 4 nitrogen and oxygen atoms in total. The minimum Gasteiger partial charge on any atom is -0.495 e. The van der Waals surface area contributed by atoms with Gasteiger partial charge < -0.3 is 14.2 Å². The summed E-state index contributed by atoms with van der Waals surface area (Å²) < 4.78 is 16.2. The van der Waals surface area contributed by atoms with Gasteiger partial charge >= 0.3 is 0 Å². The fraction of sp³-hybridized carbons (Fsp3) is 0.500. The van der Waals surface area contributed by atoms with E-state index in [1.54, 1.807) is 19.2 Å². The molecule has 1 aliphatic rings. The second-order valence-electron chi connectivity index (χ2n) is 4.30. The molecule has 1 aromatic rings. The zero-order chi connectivity index (χ0) is 12.8. The van der Waals surface area contributed by atoms with Gasteiger partial charge in [-0.1, -0.05) is 6.07 Å². The Kier molecular flexibility index (Phi) is 4.57. The first-order valence-corrected chi connectivity index (χ1v) is 6.10. The Morgan fingerprint density at radius 1 is 1.50 bits per heavy atom. The summed E-state index contributed by atoms with van der Waals surface area (Å²) in [4.78, 5) is 0. The van der Waals surface area contributed by atoms with Crippen molar-refractivity contribution in [2.45, 2.75) is 25.6 Å². The van der Waals surface area contributed by atoms with E-state index < -0.39 is 0 Å². The van der Waals surface area contributed by atoms with E-state index in [2.05, 4.69) is 6.07 Å². The average molecular weight is 247 g/mol. The maximum Gasteiger partial charge on any atom is 0.136 e. The number of hydrogen-bond donors (Lipinski definition) is 0. The fourth-order valence-corrected chi connectivity index (χ4v) is 2.02. The third kappa shape index (κ3) is 3.22. The van der Waals surface area contributed by atoms with Crippen molar-refractivity contribution in [2.24, 2.45) is 0 Å². The normalized spacial score (nSPS) is 18.6. The lowest BCUT2D eigenvalue weighted by molar-refractivity contribution is 0.0106. The van der Waals surface area contributed by atoms with Crippen LogP contribution in [-0.2, 0) is 16.1 Å². The van der Waals surface area contributed by atoms with Crippen molar-refractivity contribution in [3.63, 3.8) is 0 Å². The molecule has 18 heavy (non-hydrogen) atoms. The molecule has 1 aliphatic heterocycles. The number of nitrogens with zero attached hydrogens (tertiary/aromatic N) is 1. The molecule has 0 bridgehead atoms. The van der Waals surface area contributed by atoms with Crippen molar-refractivity contribution in [3.8, 4) is 11.8 Å². The quantitative estimate of drug-likeness (QED) is 0.800. The maximum atomic E-state index is 8.98. The highest BCUT2D eigenvalue weighted by molar-refractivity contribution is 5.45. The second-order valence-corrected chi connectivity index (χ2v) is 4.30. The Hall–Kier alpha value is -1.57. The molecule has 1 fully saturated rings. The monoisotopic (exact) mass is 247 g/mol. The third-order valence-corrected chi connectivity index (χ3v) is 2.98. The summed E-state index contributed by atoms with van der Waals surface area (Å²) in [5, 5.41) is 8.98. The lowest BCUT2D eigenvalue weighted by Gasteiger charge is -2.10. The Morgan fingerprint density at radius 2 is 2.39 bits per heavy atom. The van der Waals surface area contributed by atoms with Gasteiger partial charge in [0.05, 0.1) is 32.0 Å². The van der Waals surface area contributed by atoms with Crippen LogP contribution in [0, 0.1) is 11.3 Å². The SMILES string of the molecule is COc1ccc(COCC2CCCO2)cc1C#N. The number of rotatable bonds is 5. The van der Waals surface area contributed by atoms with Crippen molar-refractivity contribution in [1.29, 1.82) is 5.26 Å². The zero-order valence-electron chi connectivity index (χ0n) is 10.5. The molecule has 1 unspecified atom stereocenters. The van der Waals surface area contributed by atoms with E-state index in [-0.39, 0.29) is 6.10 Å². The van der Waals surface area contributed by atoms with Gasteiger partial charge in [-0.05, 0) is 30.5 Å². The van der Waals surface area contributed by atoms with Crippen LogP contribution in [0.5, 0.6) is 5.75 Å². The van der Waals surface area contributed by atoms with E-state index in [0.29, 0.717) is 24.5 Å². The molecule has 0 N–H and O–H groups in total. The summed E-state index contributed by atoms with van der Waals surface area (Å²) in [5.41, 5.74) is 1.51. The van der Waals surface area contributed by atoms with Crippen molar-refractivity contribution in [1.82, 2.24) is 0 Å². The highest BCUT2D eigenvalue weighted by Gasteiger charge is 2.15. The van der Waals surface area contributed by atoms with Gasteiger partial charge in [0.2, 0.25) is 0 Å². The molecule has 2 rings (SSSR count). The lowest BCUT2D eigenvalue weighted by Crippen LogP contribution is -2.13. The van der Waals surface area contributed by atoms with Crippen molar-refractivity contribution in [2.75, 3.05) is 20.3 Å². The van der Waals surface area contributed by atoms with E-state index in [4.69, 9.17) is 19.5 Å². The highest BCUT2D eigenvalue weighted by Crippen LogP contribution is 2.19. The second kappa shape index (κ2) is 6.39. The van der Waals surface area contributed by atoms with Crippen molar-refractivity contribution >= 4 is 0 Å². The van der Waals surface area contributed by atoms with Crippen LogP contribution in [0.3, 0.4) is 0 Å². The summed E-state index contributed by atoms with van der Waals surface area (Å²) >= 11 is 0. The predicted octanol–water partition coefficient (Wildman–Crippen LogP) is 2.26. The smallest absolute Gasteiger partial charge is 0.136 e. The van der Waals surface area contributed by atoms with Gasteiger partial charge in [0.15, 0.2) is 0 Å². The van der Waals surface area contributed by atoms with Crippen LogP contribution in [-0.4, -0.2) is 26.4 Å². The molecule has 0 saturated carbocycles. The molecule has 1 heterocycles. The molecule has 0 spiro atoms. The molecular formula is C14H17NO3. The molecule has 0 aliphatic carbocycles. The standard InChI is InChI=1S/C14H17NO3/c1-16-14-5-4-11(7-12(14)8-15)9-17-10-13-3-2-6-18-13/h4-5,7,13H,2-3,6,9-10H2,1H3. The van der Waals surface area contributed by atoms with E-state index in [0.717, 1.165) is 25.0 Å². The summed E-state index contributed by atoms with van der Waals surface area (Å²) in [6.07, 6.45) is 2.43.